The van der Waals surface area contributed by atoms with Gasteiger partial charge in [0, 0.05) is 18.2 Å². The van der Waals surface area contributed by atoms with Crippen LogP contribution in [0.3, 0.4) is 0 Å². The molecule has 1 rings (SSSR count). The summed E-state index contributed by atoms with van der Waals surface area (Å²) in [5.74, 6) is -1.40. The molecule has 6 heteroatoms. The minimum Gasteiger partial charge on any atom is -0.480 e. The number of carbonyl (C=O) groups is 2. The van der Waals surface area contributed by atoms with Crippen molar-refractivity contribution in [1.29, 1.82) is 5.41 Å². The summed E-state index contributed by atoms with van der Waals surface area (Å²) in [4.78, 5) is 25.6. The van der Waals surface area contributed by atoms with Crippen molar-refractivity contribution >= 4 is 23.2 Å². The molecule has 0 aliphatic rings. The molecule has 0 saturated heterocycles. The van der Waals surface area contributed by atoms with Crippen LogP contribution in [0, 0.1) is 12.3 Å². The van der Waals surface area contributed by atoms with E-state index in [0.29, 0.717) is 16.9 Å². The summed E-state index contributed by atoms with van der Waals surface area (Å²) < 4.78 is 0. The van der Waals surface area contributed by atoms with Gasteiger partial charge in [-0.1, -0.05) is 0 Å². The van der Waals surface area contributed by atoms with Crippen LogP contribution in [0.1, 0.15) is 18.2 Å². The van der Waals surface area contributed by atoms with E-state index in [-0.39, 0.29) is 18.0 Å². The lowest BCUT2D eigenvalue weighted by molar-refractivity contribution is -0.134. The van der Waals surface area contributed by atoms with E-state index in [4.69, 9.17) is 10.5 Å². The summed E-state index contributed by atoms with van der Waals surface area (Å²) in [5, 5.41) is 18.8. The van der Waals surface area contributed by atoms with E-state index < -0.39 is 5.97 Å². The number of rotatable bonds is 5. The first kappa shape index (κ1) is 12.8. The van der Waals surface area contributed by atoms with Crippen LogP contribution in [0.4, 0.5) is 5.69 Å². The van der Waals surface area contributed by atoms with Crippen molar-refractivity contribution in [3.05, 3.63) is 23.5 Å². The van der Waals surface area contributed by atoms with Gasteiger partial charge in [-0.05, 0) is 13.0 Å². The number of carboxylic acids is 1. The number of ketones is 1. The van der Waals surface area contributed by atoms with Gasteiger partial charge in [-0.3, -0.25) is 20.0 Å². The molecule has 1 aromatic rings. The quantitative estimate of drug-likeness (QED) is 0.656. The number of hydrogen-bond donors (Lipinski definition) is 3. The van der Waals surface area contributed by atoms with Crippen molar-refractivity contribution in [1.82, 2.24) is 4.98 Å². The normalized spacial score (nSPS) is 9.76. The number of aromatic nitrogens is 1. The van der Waals surface area contributed by atoms with Crippen molar-refractivity contribution in [2.24, 2.45) is 0 Å². The smallest absolute Gasteiger partial charge is 0.322 e. The Morgan fingerprint density at radius 2 is 2.18 bits per heavy atom. The average molecular weight is 235 g/mol. The van der Waals surface area contributed by atoms with Crippen LogP contribution >= 0.6 is 0 Å². The topological polar surface area (TPSA) is 103 Å². The van der Waals surface area contributed by atoms with Crippen molar-refractivity contribution in [2.75, 3.05) is 11.9 Å². The molecule has 0 spiro atoms. The van der Waals surface area contributed by atoms with E-state index in [1.165, 1.54) is 13.1 Å². The van der Waals surface area contributed by atoms with Crippen LogP contribution in [0.2, 0.25) is 0 Å². The second-order valence-corrected chi connectivity index (χ2v) is 3.55. The molecular weight excluding hydrogens is 222 g/mol. The molecule has 1 aromatic heterocycles. The maximum absolute atomic E-state index is 11.2. The Morgan fingerprint density at radius 3 is 2.71 bits per heavy atom. The van der Waals surface area contributed by atoms with Crippen molar-refractivity contribution in [3.63, 3.8) is 0 Å². The number of anilines is 1. The van der Waals surface area contributed by atoms with E-state index in [9.17, 15) is 9.59 Å². The molecule has 0 aromatic carbocycles. The Morgan fingerprint density at radius 1 is 1.53 bits per heavy atom. The lowest BCUT2D eigenvalue weighted by Gasteiger charge is -2.10. The van der Waals surface area contributed by atoms with Crippen LogP contribution in [-0.2, 0) is 9.59 Å². The summed E-state index contributed by atoms with van der Waals surface area (Å²) in [7, 11) is 0. The van der Waals surface area contributed by atoms with Crippen molar-refractivity contribution < 1.29 is 14.7 Å². The van der Waals surface area contributed by atoms with Gasteiger partial charge in [0.05, 0.1) is 11.9 Å². The molecule has 0 bridgehead atoms. The van der Waals surface area contributed by atoms with E-state index in [0.717, 1.165) is 0 Å². The Hall–Kier alpha value is -2.24. The molecule has 6 nitrogen and oxygen atoms in total. The molecule has 3 N–H and O–H groups in total. The zero-order valence-corrected chi connectivity index (χ0v) is 9.57. The molecule has 0 amide bonds. The average Bonchev–Trinajstić information content (AvgIpc) is 2.26. The third kappa shape index (κ3) is 3.37. The Balaban J connectivity index is 3.07. The monoisotopic (exact) mass is 235 g/mol. The lowest BCUT2D eigenvalue weighted by Crippen LogP contribution is -2.18. The van der Waals surface area contributed by atoms with Crippen molar-refractivity contribution in [3.8, 4) is 0 Å². The van der Waals surface area contributed by atoms with E-state index in [2.05, 4.69) is 10.3 Å². The molecule has 1 heterocycles. The van der Waals surface area contributed by atoms with Gasteiger partial charge in [-0.15, -0.1) is 0 Å². The van der Waals surface area contributed by atoms with Gasteiger partial charge in [-0.2, -0.15) is 0 Å². The minimum atomic E-state index is -1.02. The summed E-state index contributed by atoms with van der Waals surface area (Å²) in [5.41, 5.74) is 1.24. The third-order valence-corrected chi connectivity index (χ3v) is 2.09. The number of nitrogens with zero attached hydrogens (tertiary/aromatic N) is 1. The van der Waals surface area contributed by atoms with Gasteiger partial charge < -0.3 is 10.4 Å². The Labute approximate surface area is 98.2 Å². The van der Waals surface area contributed by atoms with Crippen LogP contribution < -0.4 is 5.32 Å². The SMILES string of the molecule is CC(=O)C(=N)c1cc(C)ncc1NCC(=O)O. The largest absolute Gasteiger partial charge is 0.480 e. The molecule has 0 atom stereocenters. The highest BCUT2D eigenvalue weighted by Gasteiger charge is 2.13. The molecular formula is C11H13N3O3. The number of pyridine rings is 1. The highest BCUT2D eigenvalue weighted by molar-refractivity contribution is 6.45. The van der Waals surface area contributed by atoms with Crippen LogP contribution in [-0.4, -0.2) is 34.1 Å². The maximum atomic E-state index is 11.2. The first-order valence-electron chi connectivity index (χ1n) is 4.94. The first-order chi connectivity index (χ1) is 7.91. The fraction of sp³-hybridized carbons (Fsp3) is 0.273. The van der Waals surface area contributed by atoms with E-state index in [1.54, 1.807) is 13.0 Å². The van der Waals surface area contributed by atoms with Gasteiger partial charge in [0.25, 0.3) is 0 Å². The van der Waals surface area contributed by atoms with Gasteiger partial charge in [0.1, 0.15) is 12.3 Å². The van der Waals surface area contributed by atoms with Crippen LogP contribution in [0.25, 0.3) is 0 Å². The molecule has 0 fully saturated rings. The summed E-state index contributed by atoms with van der Waals surface area (Å²) in [6.07, 6.45) is 1.42. The zero-order valence-electron chi connectivity index (χ0n) is 9.57. The number of aliphatic carboxylic acids is 1. The fourth-order valence-electron chi connectivity index (χ4n) is 1.27. The molecule has 0 aliphatic carbocycles. The number of carboxylic acid groups (broad SMARTS) is 1. The number of aryl methyl sites for hydroxylation is 1. The zero-order chi connectivity index (χ0) is 13.0. The van der Waals surface area contributed by atoms with Crippen LogP contribution in [0.5, 0.6) is 0 Å². The number of hydrogen-bond acceptors (Lipinski definition) is 5. The van der Waals surface area contributed by atoms with Gasteiger partial charge >= 0.3 is 5.97 Å². The lowest BCUT2D eigenvalue weighted by atomic mass is 10.1. The van der Waals surface area contributed by atoms with Crippen molar-refractivity contribution in [2.45, 2.75) is 13.8 Å². The highest BCUT2D eigenvalue weighted by atomic mass is 16.4. The predicted molar refractivity (Wildman–Crippen MR) is 62.6 cm³/mol. The second-order valence-electron chi connectivity index (χ2n) is 3.55. The van der Waals surface area contributed by atoms with Gasteiger partial charge in [-0.25, -0.2) is 0 Å². The second kappa shape index (κ2) is 5.20. The summed E-state index contributed by atoms with van der Waals surface area (Å²) in [6.45, 7) is 2.74. The third-order valence-electron chi connectivity index (χ3n) is 2.09. The van der Waals surface area contributed by atoms with Gasteiger partial charge in [0.15, 0.2) is 5.78 Å². The minimum absolute atomic E-state index is 0.164. The van der Waals surface area contributed by atoms with E-state index in [1.807, 2.05) is 0 Å². The molecule has 17 heavy (non-hydrogen) atoms. The molecule has 90 valence electrons. The Kier molecular flexibility index (Phi) is 3.92. The Bertz CT molecular complexity index is 483. The number of Topliss-reactive ketones (excluding diaryl/α,β-unsaturated/α-hetero) is 1. The highest BCUT2D eigenvalue weighted by Crippen LogP contribution is 2.16. The maximum Gasteiger partial charge on any atom is 0.322 e. The molecule has 0 unspecified atom stereocenters. The first-order valence-corrected chi connectivity index (χ1v) is 4.94. The van der Waals surface area contributed by atoms with Crippen LogP contribution in [0.15, 0.2) is 12.3 Å². The standard InChI is InChI=1S/C11H13N3O3/c1-6-3-8(11(12)7(2)15)9(4-13-6)14-5-10(16)17/h3-4,12,14H,5H2,1-2H3,(H,16,17). The summed E-state index contributed by atoms with van der Waals surface area (Å²) >= 11 is 0. The molecule has 0 saturated carbocycles. The molecule has 0 aliphatic heterocycles. The van der Waals surface area contributed by atoms with E-state index >= 15 is 0 Å². The predicted octanol–water partition coefficient (Wildman–Crippen LogP) is 0.843. The molecule has 0 radical (unpaired) electrons. The number of carbonyl (C=O) groups excluding carboxylic acids is 1. The van der Waals surface area contributed by atoms with Gasteiger partial charge in [0.2, 0.25) is 0 Å². The fourth-order valence-corrected chi connectivity index (χ4v) is 1.27. The number of nitrogens with one attached hydrogen (secondary N) is 2. The summed E-state index contributed by atoms with van der Waals surface area (Å²) in [6, 6.07) is 1.58.